The number of nitrogens with one attached hydrogen (secondary N) is 1. The molecule has 1 heterocycles. The Morgan fingerprint density at radius 3 is 2.78 bits per heavy atom. The number of benzene rings is 1. The highest BCUT2D eigenvalue weighted by Crippen LogP contribution is 2.21. The zero-order valence-corrected chi connectivity index (χ0v) is 13.9. The predicted molar refractivity (Wildman–Crippen MR) is 91.7 cm³/mol. The van der Waals surface area contributed by atoms with Gasteiger partial charge in [-0.2, -0.15) is 11.3 Å². The van der Waals surface area contributed by atoms with E-state index in [9.17, 15) is 9.59 Å². The van der Waals surface area contributed by atoms with Crippen LogP contribution in [-0.4, -0.2) is 36.3 Å². The molecule has 0 spiro atoms. The van der Waals surface area contributed by atoms with Crippen molar-refractivity contribution in [2.75, 3.05) is 13.6 Å². The number of carbonyl (C=O) groups excluding carboxylic acids is 2. The second-order valence-corrected chi connectivity index (χ2v) is 6.73. The van der Waals surface area contributed by atoms with Gasteiger partial charge in [-0.15, -0.1) is 0 Å². The van der Waals surface area contributed by atoms with Crippen LogP contribution in [-0.2, 0) is 17.6 Å². The normalized spacial score (nSPS) is 16.5. The number of thiophene rings is 1. The van der Waals surface area contributed by atoms with Gasteiger partial charge in [0.2, 0.25) is 5.91 Å². The summed E-state index contributed by atoms with van der Waals surface area (Å²) in [5.74, 6) is -0.212. The van der Waals surface area contributed by atoms with Crippen LogP contribution < -0.4 is 5.32 Å². The molecule has 0 aliphatic heterocycles. The third-order valence-corrected chi connectivity index (χ3v) is 4.89. The van der Waals surface area contributed by atoms with E-state index in [0.717, 1.165) is 19.3 Å². The quantitative estimate of drug-likeness (QED) is 0.937. The smallest absolute Gasteiger partial charge is 0.254 e. The van der Waals surface area contributed by atoms with Gasteiger partial charge in [-0.3, -0.25) is 9.59 Å². The fourth-order valence-corrected chi connectivity index (χ4v) is 3.62. The summed E-state index contributed by atoms with van der Waals surface area (Å²) in [6, 6.07) is 10.3. The van der Waals surface area contributed by atoms with Crippen LogP contribution in [0.3, 0.4) is 0 Å². The Bertz CT molecular complexity index is 697. The molecule has 1 aromatic heterocycles. The molecule has 1 unspecified atom stereocenters. The topological polar surface area (TPSA) is 49.4 Å². The van der Waals surface area contributed by atoms with E-state index in [-0.39, 0.29) is 24.4 Å². The van der Waals surface area contributed by atoms with Gasteiger partial charge in [0.05, 0.1) is 12.1 Å². The average Bonchev–Trinajstić information content (AvgIpc) is 3.08. The SMILES string of the molecule is CN(CC(=O)NC1CCc2ccccc2C1)C(=O)c1ccsc1. The minimum absolute atomic E-state index is 0.0901. The van der Waals surface area contributed by atoms with E-state index in [1.54, 1.807) is 18.5 Å². The van der Waals surface area contributed by atoms with Crippen molar-refractivity contribution in [2.24, 2.45) is 0 Å². The number of carbonyl (C=O) groups is 2. The molecule has 5 heteroatoms. The third-order valence-electron chi connectivity index (χ3n) is 4.21. The van der Waals surface area contributed by atoms with Crippen LogP contribution in [0.1, 0.15) is 27.9 Å². The zero-order chi connectivity index (χ0) is 16.2. The van der Waals surface area contributed by atoms with Gasteiger partial charge in [0.1, 0.15) is 0 Å². The van der Waals surface area contributed by atoms with Crippen LogP contribution in [0.25, 0.3) is 0 Å². The molecule has 1 atom stereocenters. The van der Waals surface area contributed by atoms with Crippen molar-refractivity contribution >= 4 is 23.2 Å². The van der Waals surface area contributed by atoms with E-state index in [1.807, 2.05) is 11.4 Å². The average molecular weight is 328 g/mol. The molecule has 1 aliphatic carbocycles. The Balaban J connectivity index is 1.53. The Morgan fingerprint density at radius 2 is 2.04 bits per heavy atom. The van der Waals surface area contributed by atoms with Gasteiger partial charge in [-0.25, -0.2) is 0 Å². The summed E-state index contributed by atoms with van der Waals surface area (Å²) in [6.45, 7) is 0.0901. The van der Waals surface area contributed by atoms with Gasteiger partial charge in [0.15, 0.2) is 0 Å². The summed E-state index contributed by atoms with van der Waals surface area (Å²) in [6.07, 6.45) is 2.81. The lowest BCUT2D eigenvalue weighted by Gasteiger charge is -2.26. The van der Waals surface area contributed by atoms with E-state index in [1.165, 1.54) is 27.4 Å². The monoisotopic (exact) mass is 328 g/mol. The van der Waals surface area contributed by atoms with Gasteiger partial charge < -0.3 is 10.2 Å². The summed E-state index contributed by atoms with van der Waals surface area (Å²) in [7, 11) is 1.66. The molecule has 0 radical (unpaired) electrons. The highest BCUT2D eigenvalue weighted by Gasteiger charge is 2.21. The van der Waals surface area contributed by atoms with Gasteiger partial charge >= 0.3 is 0 Å². The Hall–Kier alpha value is -2.14. The maximum absolute atomic E-state index is 12.2. The van der Waals surface area contributed by atoms with Crippen molar-refractivity contribution in [2.45, 2.75) is 25.3 Å². The summed E-state index contributed by atoms with van der Waals surface area (Å²) >= 11 is 1.48. The molecule has 0 saturated heterocycles. The van der Waals surface area contributed by atoms with Crippen LogP contribution >= 0.6 is 11.3 Å². The van der Waals surface area contributed by atoms with Gasteiger partial charge in [0, 0.05) is 18.5 Å². The lowest BCUT2D eigenvalue weighted by atomic mass is 9.88. The first-order chi connectivity index (χ1) is 11.1. The van der Waals surface area contributed by atoms with Crippen molar-refractivity contribution in [1.29, 1.82) is 0 Å². The second-order valence-electron chi connectivity index (χ2n) is 5.95. The molecule has 2 aromatic rings. The largest absolute Gasteiger partial charge is 0.351 e. The number of hydrogen-bond acceptors (Lipinski definition) is 3. The lowest BCUT2D eigenvalue weighted by molar-refractivity contribution is -0.122. The van der Waals surface area contributed by atoms with Crippen LogP contribution in [0.5, 0.6) is 0 Å². The van der Waals surface area contributed by atoms with Gasteiger partial charge in [0.25, 0.3) is 5.91 Å². The van der Waals surface area contributed by atoms with E-state index in [2.05, 4.69) is 23.5 Å². The third kappa shape index (κ3) is 3.79. The van der Waals surface area contributed by atoms with Gasteiger partial charge in [-0.05, 0) is 41.8 Å². The number of likely N-dealkylation sites (N-methyl/N-ethyl adjacent to an activating group) is 1. The highest BCUT2D eigenvalue weighted by atomic mass is 32.1. The van der Waals surface area contributed by atoms with Crippen LogP contribution in [0, 0.1) is 0 Å². The predicted octanol–water partition coefficient (Wildman–Crippen LogP) is 2.49. The van der Waals surface area contributed by atoms with Crippen LogP contribution in [0.4, 0.5) is 0 Å². The summed E-state index contributed by atoms with van der Waals surface area (Å²) < 4.78 is 0. The summed E-state index contributed by atoms with van der Waals surface area (Å²) in [5.41, 5.74) is 3.33. The maximum Gasteiger partial charge on any atom is 0.254 e. The first kappa shape index (κ1) is 15.7. The molecule has 120 valence electrons. The molecular formula is C18H20N2O2S. The highest BCUT2D eigenvalue weighted by molar-refractivity contribution is 7.08. The van der Waals surface area contributed by atoms with Crippen molar-refractivity contribution in [3.05, 3.63) is 57.8 Å². The second kappa shape index (κ2) is 6.96. The first-order valence-corrected chi connectivity index (χ1v) is 8.71. The molecule has 1 aliphatic rings. The molecule has 23 heavy (non-hydrogen) atoms. The van der Waals surface area contributed by atoms with E-state index in [4.69, 9.17) is 0 Å². The number of fused-ring (bicyclic) bond motifs is 1. The fourth-order valence-electron chi connectivity index (χ4n) is 2.99. The molecule has 0 fully saturated rings. The summed E-state index contributed by atoms with van der Waals surface area (Å²) in [5, 5.41) is 6.72. The standard InChI is InChI=1S/C18H20N2O2S/c1-20(18(22)15-8-9-23-12-15)11-17(21)19-16-7-6-13-4-2-3-5-14(13)10-16/h2-5,8-9,12,16H,6-7,10-11H2,1H3,(H,19,21). The molecule has 4 nitrogen and oxygen atoms in total. The Labute approximate surface area is 140 Å². The van der Waals surface area contributed by atoms with E-state index < -0.39 is 0 Å². The molecule has 3 rings (SSSR count). The molecular weight excluding hydrogens is 308 g/mol. The van der Waals surface area contributed by atoms with Crippen LogP contribution in [0.15, 0.2) is 41.1 Å². The number of hydrogen-bond donors (Lipinski definition) is 1. The minimum Gasteiger partial charge on any atom is -0.351 e. The lowest BCUT2D eigenvalue weighted by Crippen LogP contribution is -2.44. The Morgan fingerprint density at radius 1 is 1.26 bits per heavy atom. The Kier molecular flexibility index (Phi) is 4.76. The minimum atomic E-state index is -0.115. The number of amides is 2. The number of rotatable bonds is 4. The number of nitrogens with zero attached hydrogens (tertiary/aromatic N) is 1. The van der Waals surface area contributed by atoms with Crippen molar-refractivity contribution in [3.63, 3.8) is 0 Å². The fraction of sp³-hybridized carbons (Fsp3) is 0.333. The molecule has 0 bridgehead atoms. The molecule has 1 aromatic carbocycles. The molecule has 2 amide bonds. The summed E-state index contributed by atoms with van der Waals surface area (Å²) in [4.78, 5) is 25.8. The zero-order valence-electron chi connectivity index (χ0n) is 13.1. The number of aryl methyl sites for hydroxylation is 1. The van der Waals surface area contributed by atoms with Crippen LogP contribution in [0.2, 0.25) is 0 Å². The molecule has 0 saturated carbocycles. The van der Waals surface area contributed by atoms with Crippen molar-refractivity contribution in [3.8, 4) is 0 Å². The maximum atomic E-state index is 12.2. The molecule has 1 N–H and O–H groups in total. The van der Waals surface area contributed by atoms with Gasteiger partial charge in [-0.1, -0.05) is 24.3 Å². The first-order valence-electron chi connectivity index (χ1n) is 7.77. The van der Waals surface area contributed by atoms with E-state index >= 15 is 0 Å². The van der Waals surface area contributed by atoms with Crippen molar-refractivity contribution in [1.82, 2.24) is 10.2 Å². The van der Waals surface area contributed by atoms with Crippen molar-refractivity contribution < 1.29 is 9.59 Å². The van der Waals surface area contributed by atoms with E-state index in [0.29, 0.717) is 5.56 Å².